The summed E-state index contributed by atoms with van der Waals surface area (Å²) in [5.74, 6) is 0.727. The van der Waals surface area contributed by atoms with Gasteiger partial charge in [-0.05, 0) is 58.3 Å². The normalized spacial score (nSPS) is 33.0. The predicted molar refractivity (Wildman–Crippen MR) is 85.1 cm³/mol. The van der Waals surface area contributed by atoms with Crippen molar-refractivity contribution in [1.82, 2.24) is 0 Å². The average Bonchev–Trinajstić information content (AvgIpc) is 2.69. The Kier molecular flexibility index (Phi) is 4.24. The van der Waals surface area contributed by atoms with Crippen LogP contribution in [0.5, 0.6) is 0 Å². The summed E-state index contributed by atoms with van der Waals surface area (Å²) < 4.78 is 18.4. The van der Waals surface area contributed by atoms with E-state index in [0.29, 0.717) is 12.7 Å². The number of hydrogen-bond donors (Lipinski definition) is 0. The van der Waals surface area contributed by atoms with Crippen molar-refractivity contribution >= 4 is 7.12 Å². The van der Waals surface area contributed by atoms with Crippen LogP contribution in [-0.4, -0.2) is 31.0 Å². The Bertz CT molecular complexity index is 394. The summed E-state index contributed by atoms with van der Waals surface area (Å²) in [6.45, 7) is 9.18. The highest BCUT2D eigenvalue weighted by molar-refractivity contribution is 6.54. The van der Waals surface area contributed by atoms with Crippen LogP contribution in [0.25, 0.3) is 0 Å². The fourth-order valence-corrected chi connectivity index (χ4v) is 3.65. The predicted octanol–water partition coefficient (Wildman–Crippen LogP) is 3.91. The zero-order valence-corrected chi connectivity index (χ0v) is 14.0. The molecule has 0 aromatic carbocycles. The molecule has 1 atom stereocenters. The van der Waals surface area contributed by atoms with E-state index in [1.54, 1.807) is 0 Å². The van der Waals surface area contributed by atoms with Crippen LogP contribution in [0.2, 0.25) is 0 Å². The van der Waals surface area contributed by atoms with E-state index in [0.717, 1.165) is 12.3 Å². The highest BCUT2D eigenvalue weighted by Gasteiger charge is 2.52. The van der Waals surface area contributed by atoms with Gasteiger partial charge in [0.25, 0.3) is 0 Å². The molecule has 0 bridgehead atoms. The zero-order chi connectivity index (χ0) is 15.1. The molecule has 21 heavy (non-hydrogen) atoms. The maximum atomic E-state index is 6.19. The van der Waals surface area contributed by atoms with Gasteiger partial charge in [0.1, 0.15) is 0 Å². The molecule has 0 N–H and O–H groups in total. The second-order valence-electron chi connectivity index (χ2n) is 7.84. The Morgan fingerprint density at radius 1 is 1.00 bits per heavy atom. The minimum Gasteiger partial charge on any atom is -0.400 e. The molecule has 2 aliphatic heterocycles. The van der Waals surface area contributed by atoms with E-state index in [4.69, 9.17) is 14.0 Å². The lowest BCUT2D eigenvalue weighted by atomic mass is 9.71. The van der Waals surface area contributed by atoms with E-state index in [1.807, 2.05) is 0 Å². The summed E-state index contributed by atoms with van der Waals surface area (Å²) >= 11 is 0. The molecule has 1 saturated heterocycles. The molecule has 118 valence electrons. The van der Waals surface area contributed by atoms with Gasteiger partial charge < -0.3 is 14.0 Å². The van der Waals surface area contributed by atoms with Crippen LogP contribution in [-0.2, 0) is 14.0 Å². The molecule has 2 fully saturated rings. The van der Waals surface area contributed by atoms with Crippen LogP contribution < -0.4 is 0 Å². The average molecular weight is 292 g/mol. The van der Waals surface area contributed by atoms with E-state index in [1.165, 1.54) is 37.6 Å². The van der Waals surface area contributed by atoms with Crippen LogP contribution in [0.4, 0.5) is 0 Å². The smallest absolute Gasteiger partial charge is 0.400 e. The highest BCUT2D eigenvalue weighted by Crippen LogP contribution is 2.41. The monoisotopic (exact) mass is 292 g/mol. The van der Waals surface area contributed by atoms with Crippen molar-refractivity contribution in [3.8, 4) is 0 Å². The topological polar surface area (TPSA) is 27.7 Å². The molecule has 2 heterocycles. The molecule has 0 radical (unpaired) electrons. The van der Waals surface area contributed by atoms with Crippen molar-refractivity contribution in [3.05, 3.63) is 11.5 Å². The first-order chi connectivity index (χ1) is 9.89. The molecule has 1 saturated carbocycles. The van der Waals surface area contributed by atoms with E-state index < -0.39 is 0 Å². The third-order valence-corrected chi connectivity index (χ3v) is 5.82. The Morgan fingerprint density at radius 2 is 1.62 bits per heavy atom. The molecule has 1 unspecified atom stereocenters. The SMILES string of the molecule is CC1(C)OB(C2=CCOC(C3CCCCC3)C2)OC1(C)C. The minimum absolute atomic E-state index is 0.190. The van der Waals surface area contributed by atoms with Crippen LogP contribution in [0, 0.1) is 5.92 Å². The fourth-order valence-electron chi connectivity index (χ4n) is 3.65. The summed E-state index contributed by atoms with van der Waals surface area (Å²) in [5, 5.41) is 0. The first-order valence-corrected chi connectivity index (χ1v) is 8.55. The van der Waals surface area contributed by atoms with Crippen molar-refractivity contribution in [2.24, 2.45) is 5.92 Å². The molecule has 1 aliphatic carbocycles. The second-order valence-corrected chi connectivity index (χ2v) is 7.84. The molecule has 0 amide bonds. The van der Waals surface area contributed by atoms with Crippen LogP contribution >= 0.6 is 0 Å². The molecule has 4 heteroatoms. The van der Waals surface area contributed by atoms with Gasteiger partial charge in [0.15, 0.2) is 0 Å². The lowest BCUT2D eigenvalue weighted by Gasteiger charge is -2.33. The summed E-state index contributed by atoms with van der Waals surface area (Å²) in [4.78, 5) is 0. The summed E-state index contributed by atoms with van der Waals surface area (Å²) in [6.07, 6.45) is 10.3. The lowest BCUT2D eigenvalue weighted by molar-refractivity contribution is 0.00578. The van der Waals surface area contributed by atoms with Gasteiger partial charge in [-0.3, -0.25) is 0 Å². The third-order valence-electron chi connectivity index (χ3n) is 5.82. The number of hydrogen-bond acceptors (Lipinski definition) is 3. The van der Waals surface area contributed by atoms with Crippen LogP contribution in [0.15, 0.2) is 11.5 Å². The first kappa shape index (κ1) is 15.6. The minimum atomic E-state index is -0.253. The Labute approximate surface area is 129 Å². The van der Waals surface area contributed by atoms with Gasteiger partial charge in [-0.15, -0.1) is 0 Å². The largest absolute Gasteiger partial charge is 0.490 e. The van der Waals surface area contributed by atoms with Gasteiger partial charge in [0, 0.05) is 0 Å². The van der Waals surface area contributed by atoms with Crippen molar-refractivity contribution in [3.63, 3.8) is 0 Å². The third kappa shape index (κ3) is 3.08. The Morgan fingerprint density at radius 3 is 2.24 bits per heavy atom. The summed E-state index contributed by atoms with van der Waals surface area (Å²) in [7, 11) is -0.190. The van der Waals surface area contributed by atoms with Crippen molar-refractivity contribution < 1.29 is 14.0 Å². The molecular weight excluding hydrogens is 263 g/mol. The molecule has 0 aromatic heterocycles. The van der Waals surface area contributed by atoms with Crippen LogP contribution in [0.1, 0.15) is 66.2 Å². The summed E-state index contributed by atoms with van der Waals surface area (Å²) in [6, 6.07) is 0. The quantitative estimate of drug-likeness (QED) is 0.722. The molecule has 0 spiro atoms. The van der Waals surface area contributed by atoms with Gasteiger partial charge >= 0.3 is 7.12 Å². The first-order valence-electron chi connectivity index (χ1n) is 8.55. The van der Waals surface area contributed by atoms with Gasteiger partial charge in [-0.1, -0.05) is 25.3 Å². The van der Waals surface area contributed by atoms with E-state index >= 15 is 0 Å². The molecule has 3 rings (SSSR count). The van der Waals surface area contributed by atoms with Crippen LogP contribution in [0.3, 0.4) is 0 Å². The van der Waals surface area contributed by atoms with Gasteiger partial charge in [-0.2, -0.15) is 0 Å². The van der Waals surface area contributed by atoms with Gasteiger partial charge in [0.05, 0.1) is 23.9 Å². The lowest BCUT2D eigenvalue weighted by Crippen LogP contribution is -2.41. The van der Waals surface area contributed by atoms with Gasteiger partial charge in [0.2, 0.25) is 0 Å². The molecule has 3 nitrogen and oxygen atoms in total. The van der Waals surface area contributed by atoms with E-state index in [9.17, 15) is 0 Å². The maximum absolute atomic E-state index is 6.19. The number of ether oxygens (including phenoxy) is 1. The van der Waals surface area contributed by atoms with Crippen molar-refractivity contribution in [1.29, 1.82) is 0 Å². The fraction of sp³-hybridized carbons (Fsp3) is 0.882. The highest BCUT2D eigenvalue weighted by atomic mass is 16.7. The molecule has 3 aliphatic rings. The maximum Gasteiger partial charge on any atom is 0.490 e. The number of rotatable bonds is 2. The van der Waals surface area contributed by atoms with Gasteiger partial charge in [-0.25, -0.2) is 0 Å². The molecule has 0 aromatic rings. The van der Waals surface area contributed by atoms with E-state index in [-0.39, 0.29) is 18.3 Å². The zero-order valence-electron chi connectivity index (χ0n) is 14.0. The standard InChI is InChI=1S/C17H29BO3/c1-16(2)17(3,4)21-18(20-16)14-10-11-19-15(12-14)13-8-6-5-7-9-13/h10,13,15H,5-9,11-12H2,1-4H3. The Balaban J connectivity index is 1.65. The van der Waals surface area contributed by atoms with E-state index in [2.05, 4.69) is 33.8 Å². The Hall–Kier alpha value is -0.315. The molecular formula is C17H29BO3. The second kappa shape index (κ2) is 5.71. The van der Waals surface area contributed by atoms with Crippen molar-refractivity contribution in [2.45, 2.75) is 83.5 Å². The van der Waals surface area contributed by atoms with Crippen molar-refractivity contribution in [2.75, 3.05) is 6.61 Å². The summed E-state index contributed by atoms with van der Waals surface area (Å²) in [5.41, 5.74) is 0.782.